The minimum Gasteiger partial charge on any atom is -0.396 e. The number of aliphatic hydroxyl groups excluding tert-OH is 1. The fourth-order valence-electron chi connectivity index (χ4n) is 3.21. The molecule has 0 aromatic carbocycles. The quantitative estimate of drug-likeness (QED) is 0.812. The van der Waals surface area contributed by atoms with E-state index in [0.29, 0.717) is 18.4 Å². The summed E-state index contributed by atoms with van der Waals surface area (Å²) in [6, 6.07) is 0.414. The average Bonchev–Trinajstić information content (AvgIpc) is 2.71. The highest BCUT2D eigenvalue weighted by Crippen LogP contribution is 2.25. The SMILES string of the molecule is CC(C)CN1CCC(N2CC(CO)CC2=O)CC1. The van der Waals surface area contributed by atoms with E-state index in [1.54, 1.807) is 0 Å². The number of amides is 1. The van der Waals surface area contributed by atoms with Crippen molar-refractivity contribution < 1.29 is 9.90 Å². The Hall–Kier alpha value is -0.610. The molecule has 2 rings (SSSR count). The molecule has 4 heteroatoms. The Morgan fingerprint density at radius 2 is 2.00 bits per heavy atom. The van der Waals surface area contributed by atoms with Crippen LogP contribution in [-0.2, 0) is 4.79 Å². The van der Waals surface area contributed by atoms with Gasteiger partial charge in [-0.1, -0.05) is 13.8 Å². The Kier molecular flexibility index (Phi) is 4.62. The zero-order valence-electron chi connectivity index (χ0n) is 11.6. The molecular weight excluding hydrogens is 228 g/mol. The van der Waals surface area contributed by atoms with Crippen LogP contribution < -0.4 is 0 Å². The number of hydrogen-bond donors (Lipinski definition) is 1. The van der Waals surface area contributed by atoms with Crippen LogP contribution in [0.1, 0.15) is 33.1 Å². The number of carbonyl (C=O) groups is 1. The van der Waals surface area contributed by atoms with Crippen molar-refractivity contribution >= 4 is 5.91 Å². The van der Waals surface area contributed by atoms with Crippen LogP contribution in [0.15, 0.2) is 0 Å². The Morgan fingerprint density at radius 3 is 2.50 bits per heavy atom. The molecule has 2 saturated heterocycles. The minimum absolute atomic E-state index is 0.147. The van der Waals surface area contributed by atoms with E-state index in [9.17, 15) is 4.79 Å². The van der Waals surface area contributed by atoms with E-state index >= 15 is 0 Å². The number of hydrogen-bond acceptors (Lipinski definition) is 3. The van der Waals surface area contributed by atoms with Gasteiger partial charge in [0.2, 0.25) is 5.91 Å². The zero-order valence-corrected chi connectivity index (χ0v) is 11.6. The van der Waals surface area contributed by atoms with Crippen molar-refractivity contribution in [3.63, 3.8) is 0 Å². The van der Waals surface area contributed by atoms with Crippen molar-refractivity contribution in [2.24, 2.45) is 11.8 Å². The van der Waals surface area contributed by atoms with E-state index in [2.05, 4.69) is 18.7 Å². The topological polar surface area (TPSA) is 43.8 Å². The largest absolute Gasteiger partial charge is 0.396 e. The summed E-state index contributed by atoms with van der Waals surface area (Å²) in [5.41, 5.74) is 0. The zero-order chi connectivity index (χ0) is 13.1. The summed E-state index contributed by atoms with van der Waals surface area (Å²) in [6.45, 7) is 8.80. The molecule has 104 valence electrons. The maximum Gasteiger partial charge on any atom is 0.223 e. The third kappa shape index (κ3) is 3.23. The summed E-state index contributed by atoms with van der Waals surface area (Å²) in [5, 5.41) is 9.15. The first kappa shape index (κ1) is 13.8. The normalized spacial score (nSPS) is 27.4. The van der Waals surface area contributed by atoms with Crippen molar-refractivity contribution in [1.82, 2.24) is 9.80 Å². The van der Waals surface area contributed by atoms with Crippen LogP contribution >= 0.6 is 0 Å². The molecule has 2 aliphatic heterocycles. The lowest BCUT2D eigenvalue weighted by molar-refractivity contribution is -0.130. The number of piperidine rings is 1. The molecule has 0 aromatic rings. The van der Waals surface area contributed by atoms with Gasteiger partial charge >= 0.3 is 0 Å². The third-order valence-corrected chi connectivity index (χ3v) is 4.12. The highest BCUT2D eigenvalue weighted by Gasteiger charge is 2.35. The molecule has 2 heterocycles. The average molecular weight is 254 g/mol. The summed E-state index contributed by atoms with van der Waals surface area (Å²) in [6.07, 6.45) is 2.73. The van der Waals surface area contributed by atoms with Crippen LogP contribution in [0.3, 0.4) is 0 Å². The van der Waals surface area contributed by atoms with Gasteiger partial charge in [-0.05, 0) is 18.8 Å². The van der Waals surface area contributed by atoms with Crippen molar-refractivity contribution in [1.29, 1.82) is 0 Å². The molecule has 18 heavy (non-hydrogen) atoms. The highest BCUT2D eigenvalue weighted by molar-refractivity contribution is 5.79. The summed E-state index contributed by atoms with van der Waals surface area (Å²) >= 11 is 0. The molecule has 0 saturated carbocycles. The summed E-state index contributed by atoms with van der Waals surface area (Å²) < 4.78 is 0. The van der Waals surface area contributed by atoms with E-state index in [1.165, 1.54) is 6.54 Å². The fourth-order valence-corrected chi connectivity index (χ4v) is 3.21. The number of aliphatic hydroxyl groups is 1. The van der Waals surface area contributed by atoms with Gasteiger partial charge in [-0.3, -0.25) is 4.79 Å². The molecule has 4 nitrogen and oxygen atoms in total. The molecular formula is C14H26N2O2. The summed E-state index contributed by atoms with van der Waals surface area (Å²) in [5.74, 6) is 1.14. The third-order valence-electron chi connectivity index (χ3n) is 4.12. The maximum absolute atomic E-state index is 11.9. The van der Waals surface area contributed by atoms with Gasteiger partial charge in [0.25, 0.3) is 0 Å². The molecule has 1 amide bonds. The Bertz CT molecular complexity index is 286. The van der Waals surface area contributed by atoms with Gasteiger partial charge in [0.05, 0.1) is 0 Å². The van der Waals surface area contributed by atoms with E-state index < -0.39 is 0 Å². The van der Waals surface area contributed by atoms with Gasteiger partial charge < -0.3 is 14.9 Å². The monoisotopic (exact) mass is 254 g/mol. The molecule has 0 bridgehead atoms. The van der Waals surface area contributed by atoms with E-state index in [4.69, 9.17) is 5.11 Å². The minimum atomic E-state index is 0.147. The number of likely N-dealkylation sites (tertiary alicyclic amines) is 2. The second-order valence-corrected chi connectivity index (χ2v) is 6.22. The first-order valence-electron chi connectivity index (χ1n) is 7.22. The van der Waals surface area contributed by atoms with Gasteiger partial charge in [-0.2, -0.15) is 0 Å². The van der Waals surface area contributed by atoms with Crippen LogP contribution in [0.4, 0.5) is 0 Å². The van der Waals surface area contributed by atoms with E-state index in [1.807, 2.05) is 4.90 Å². The fraction of sp³-hybridized carbons (Fsp3) is 0.929. The molecule has 0 radical (unpaired) electrons. The number of nitrogens with zero attached hydrogens (tertiary/aromatic N) is 2. The Balaban J connectivity index is 1.81. The molecule has 1 unspecified atom stereocenters. The van der Waals surface area contributed by atoms with Gasteiger partial charge in [-0.15, -0.1) is 0 Å². The van der Waals surface area contributed by atoms with Crippen molar-refractivity contribution in [3.8, 4) is 0 Å². The first-order valence-corrected chi connectivity index (χ1v) is 7.22. The lowest BCUT2D eigenvalue weighted by Crippen LogP contribution is -2.46. The Morgan fingerprint density at radius 1 is 1.33 bits per heavy atom. The predicted octanol–water partition coefficient (Wildman–Crippen LogP) is 0.948. The smallest absolute Gasteiger partial charge is 0.223 e. The van der Waals surface area contributed by atoms with Crippen molar-refractivity contribution in [2.75, 3.05) is 32.8 Å². The van der Waals surface area contributed by atoms with Gasteiger partial charge in [0, 0.05) is 51.2 Å². The predicted molar refractivity (Wildman–Crippen MR) is 71.2 cm³/mol. The van der Waals surface area contributed by atoms with Crippen LogP contribution in [0.5, 0.6) is 0 Å². The maximum atomic E-state index is 11.9. The number of carbonyl (C=O) groups excluding carboxylic acids is 1. The van der Waals surface area contributed by atoms with Crippen molar-refractivity contribution in [2.45, 2.75) is 39.2 Å². The summed E-state index contributed by atoms with van der Waals surface area (Å²) in [4.78, 5) is 16.4. The Labute approximate surface area is 110 Å². The van der Waals surface area contributed by atoms with Crippen molar-refractivity contribution in [3.05, 3.63) is 0 Å². The molecule has 1 N–H and O–H groups in total. The molecule has 0 aliphatic carbocycles. The van der Waals surface area contributed by atoms with Crippen LogP contribution in [0, 0.1) is 11.8 Å². The second kappa shape index (κ2) is 6.02. The standard InChI is InChI=1S/C14H26N2O2/c1-11(2)8-15-5-3-13(4-6-15)16-9-12(10-17)7-14(16)18/h11-13,17H,3-10H2,1-2H3. The number of rotatable bonds is 4. The van der Waals surface area contributed by atoms with E-state index in [0.717, 1.165) is 32.5 Å². The molecule has 0 spiro atoms. The first-order chi connectivity index (χ1) is 8.60. The van der Waals surface area contributed by atoms with Gasteiger partial charge in [-0.25, -0.2) is 0 Å². The van der Waals surface area contributed by atoms with Crippen LogP contribution in [-0.4, -0.2) is 59.6 Å². The molecule has 2 fully saturated rings. The second-order valence-electron chi connectivity index (χ2n) is 6.22. The lowest BCUT2D eigenvalue weighted by atomic mass is 10.0. The highest BCUT2D eigenvalue weighted by atomic mass is 16.3. The van der Waals surface area contributed by atoms with Gasteiger partial charge in [0.1, 0.15) is 0 Å². The molecule has 0 aromatic heterocycles. The molecule has 1 atom stereocenters. The lowest BCUT2D eigenvalue weighted by Gasteiger charge is -2.37. The van der Waals surface area contributed by atoms with Crippen LogP contribution in [0.2, 0.25) is 0 Å². The van der Waals surface area contributed by atoms with Gasteiger partial charge in [0.15, 0.2) is 0 Å². The van der Waals surface area contributed by atoms with Crippen LogP contribution in [0.25, 0.3) is 0 Å². The van der Waals surface area contributed by atoms with E-state index in [-0.39, 0.29) is 18.4 Å². The molecule has 2 aliphatic rings. The summed E-state index contributed by atoms with van der Waals surface area (Å²) in [7, 11) is 0.